The molecule has 0 heterocycles. The first kappa shape index (κ1) is 79.2. The monoisotopic (exact) mass is 1140 g/mol. The highest BCUT2D eigenvalue weighted by Crippen LogP contribution is 2.20. The van der Waals surface area contributed by atoms with Crippen molar-refractivity contribution in [2.45, 2.75) is 439 Å². The van der Waals surface area contributed by atoms with E-state index in [4.69, 9.17) is 4.74 Å². The average molecular weight is 1140 g/mol. The third-order valence-electron chi connectivity index (χ3n) is 17.6. The summed E-state index contributed by atoms with van der Waals surface area (Å²) in [6, 6.07) is 0. The van der Waals surface area contributed by atoms with Crippen LogP contribution in [-0.2, 0) is 23.9 Å². The Bertz CT molecular complexity index is 1120. The van der Waals surface area contributed by atoms with Gasteiger partial charge >= 0.3 is 0 Å². The Morgan fingerprint density at radius 3 is 0.420 bits per heavy atom. The topological polar surface area (TPSA) is 84.0 Å². The fraction of sp³-hybridized carbons (Fsp3) is 0.946. The molecule has 0 rings (SSSR count). The van der Waals surface area contributed by atoms with E-state index in [1.54, 1.807) is 0 Å². The second-order valence-electron chi connectivity index (χ2n) is 25.7. The minimum atomic E-state index is -0.204. The lowest BCUT2D eigenvalue weighted by molar-refractivity contribution is -0.158. The second kappa shape index (κ2) is 67.4. The number of unbranched alkanes of at least 4 members (excludes halogenated alkanes) is 56. The highest BCUT2D eigenvalue weighted by atomic mass is 16.5. The van der Waals surface area contributed by atoms with Crippen LogP contribution in [0.3, 0.4) is 0 Å². The van der Waals surface area contributed by atoms with E-state index in [-0.39, 0.29) is 37.1 Å². The van der Waals surface area contributed by atoms with Crippen LogP contribution >= 0.6 is 0 Å². The molecule has 480 valence electrons. The maximum Gasteiger partial charge on any atom is 0.231 e. The zero-order valence-corrected chi connectivity index (χ0v) is 55.6. The van der Waals surface area contributed by atoms with Crippen LogP contribution in [0.4, 0.5) is 0 Å². The van der Waals surface area contributed by atoms with E-state index >= 15 is 0 Å². The van der Waals surface area contributed by atoms with E-state index in [9.17, 15) is 19.2 Å². The average Bonchev–Trinajstić information content (AvgIpc) is 3.47. The SMILES string of the molecule is CCCCCCCCCCCCCCCCCC(=O)N(COCN(C(=O)CCCCCCCCCCCCCCCCC)C(=O)CCCCCCCCCCCCCCCCC)C(=O)CCCCCCCCCCCCCCCCC. The van der Waals surface area contributed by atoms with Crippen LogP contribution in [0.25, 0.3) is 0 Å². The molecule has 0 aliphatic rings. The number of hydrogen-bond acceptors (Lipinski definition) is 5. The molecule has 0 N–H and O–H groups in total. The van der Waals surface area contributed by atoms with E-state index in [0.29, 0.717) is 25.7 Å². The van der Waals surface area contributed by atoms with Gasteiger partial charge in [-0.2, -0.15) is 0 Å². The van der Waals surface area contributed by atoms with Crippen LogP contribution in [-0.4, -0.2) is 46.9 Å². The highest BCUT2D eigenvalue weighted by molar-refractivity contribution is 5.96. The lowest BCUT2D eigenvalue weighted by atomic mass is 10.0. The molecule has 4 amide bonds. The standard InChI is InChI=1S/C74H144N2O5/c1-5-9-13-17-21-25-29-33-37-41-45-49-53-57-61-65-71(77)75(72(78)66-62-58-54-50-46-42-38-34-30-26-22-18-14-10-6-2)69-81-70-76(73(79)67-63-59-55-51-47-43-39-35-31-27-23-19-15-11-7-3)74(80)68-64-60-56-52-48-44-40-36-32-28-24-20-16-12-8-4/h5-70H2,1-4H3. The van der Waals surface area contributed by atoms with E-state index < -0.39 is 0 Å². The largest absolute Gasteiger partial charge is 0.340 e. The van der Waals surface area contributed by atoms with Gasteiger partial charge in [-0.05, 0) is 25.7 Å². The fourth-order valence-electron chi connectivity index (χ4n) is 11.9. The fourth-order valence-corrected chi connectivity index (χ4v) is 11.9. The summed E-state index contributed by atoms with van der Waals surface area (Å²) in [7, 11) is 0. The van der Waals surface area contributed by atoms with Gasteiger partial charge in [0.2, 0.25) is 23.6 Å². The van der Waals surface area contributed by atoms with Gasteiger partial charge in [0.25, 0.3) is 0 Å². The van der Waals surface area contributed by atoms with Crippen LogP contribution in [0.15, 0.2) is 0 Å². The quantitative estimate of drug-likeness (QED) is 0.0448. The smallest absolute Gasteiger partial charge is 0.231 e. The molecular weight excluding hydrogens is 997 g/mol. The van der Waals surface area contributed by atoms with Crippen molar-refractivity contribution in [1.82, 2.24) is 9.80 Å². The summed E-state index contributed by atoms with van der Waals surface area (Å²) >= 11 is 0. The van der Waals surface area contributed by atoms with Crippen molar-refractivity contribution in [2.75, 3.05) is 13.5 Å². The predicted octanol–water partition coefficient (Wildman–Crippen LogP) is 24.7. The van der Waals surface area contributed by atoms with Crippen molar-refractivity contribution in [2.24, 2.45) is 0 Å². The van der Waals surface area contributed by atoms with Crippen LogP contribution < -0.4 is 0 Å². The van der Waals surface area contributed by atoms with Gasteiger partial charge in [0, 0.05) is 25.7 Å². The van der Waals surface area contributed by atoms with Crippen molar-refractivity contribution < 1.29 is 23.9 Å². The van der Waals surface area contributed by atoms with Crippen molar-refractivity contribution in [3.8, 4) is 0 Å². The summed E-state index contributed by atoms with van der Waals surface area (Å²) in [4.78, 5) is 58.0. The Hall–Kier alpha value is -1.76. The first-order valence-electron chi connectivity index (χ1n) is 37.2. The molecule has 0 fully saturated rings. The molecule has 0 unspecified atom stereocenters. The molecule has 0 radical (unpaired) electrons. The van der Waals surface area contributed by atoms with Gasteiger partial charge in [-0.3, -0.25) is 29.0 Å². The maximum absolute atomic E-state index is 13.8. The molecule has 0 aromatic rings. The second-order valence-corrected chi connectivity index (χ2v) is 25.7. The predicted molar refractivity (Wildman–Crippen MR) is 353 cm³/mol. The Morgan fingerprint density at radius 2 is 0.296 bits per heavy atom. The molecule has 0 bridgehead atoms. The maximum atomic E-state index is 13.8. The molecule has 0 aliphatic heterocycles. The first-order chi connectivity index (χ1) is 39.9. The summed E-state index contributed by atoms with van der Waals surface area (Å²) in [6.45, 7) is 8.72. The minimum Gasteiger partial charge on any atom is -0.340 e. The van der Waals surface area contributed by atoms with E-state index in [0.717, 1.165) is 77.0 Å². The number of amides is 4. The van der Waals surface area contributed by atoms with Gasteiger partial charge in [0.1, 0.15) is 13.5 Å². The highest BCUT2D eigenvalue weighted by Gasteiger charge is 2.25. The number of ether oxygens (including phenoxy) is 1. The van der Waals surface area contributed by atoms with Crippen LogP contribution in [0.2, 0.25) is 0 Å². The van der Waals surface area contributed by atoms with Gasteiger partial charge in [0.15, 0.2) is 0 Å². The van der Waals surface area contributed by atoms with Crippen LogP contribution in [0.5, 0.6) is 0 Å². The molecule has 0 saturated carbocycles. The number of hydrogen-bond donors (Lipinski definition) is 0. The Labute approximate surface area is 507 Å². The summed E-state index contributed by atoms with van der Waals surface area (Å²) in [5.41, 5.74) is 0. The van der Waals surface area contributed by atoms with Crippen LogP contribution in [0, 0.1) is 0 Å². The van der Waals surface area contributed by atoms with Crippen molar-refractivity contribution in [3.63, 3.8) is 0 Å². The van der Waals surface area contributed by atoms with E-state index in [2.05, 4.69) is 27.7 Å². The molecule has 81 heavy (non-hydrogen) atoms. The summed E-state index contributed by atoms with van der Waals surface area (Å²) in [6.07, 6.45) is 77.1. The molecule has 0 spiro atoms. The zero-order chi connectivity index (χ0) is 58.8. The number of nitrogens with zero attached hydrogens (tertiary/aromatic N) is 2. The van der Waals surface area contributed by atoms with Crippen molar-refractivity contribution >= 4 is 23.6 Å². The van der Waals surface area contributed by atoms with Crippen molar-refractivity contribution in [1.29, 1.82) is 0 Å². The molecular formula is C74H144N2O5. The third-order valence-corrected chi connectivity index (χ3v) is 17.6. The lowest BCUT2D eigenvalue weighted by Crippen LogP contribution is -2.42. The van der Waals surface area contributed by atoms with Crippen molar-refractivity contribution in [3.05, 3.63) is 0 Å². The molecule has 0 atom stereocenters. The third kappa shape index (κ3) is 58.4. The molecule has 0 aromatic heterocycles. The van der Waals surface area contributed by atoms with Gasteiger partial charge in [-0.25, -0.2) is 0 Å². The molecule has 7 nitrogen and oxygen atoms in total. The Morgan fingerprint density at radius 1 is 0.185 bits per heavy atom. The molecule has 7 heteroatoms. The number of rotatable bonds is 68. The Kier molecular flexibility index (Phi) is 65.9. The number of carbonyl (C=O) groups is 4. The number of imide groups is 2. The molecule has 0 saturated heterocycles. The van der Waals surface area contributed by atoms with E-state index in [1.165, 1.54) is 318 Å². The molecule has 0 aromatic carbocycles. The van der Waals surface area contributed by atoms with Gasteiger partial charge in [0.05, 0.1) is 0 Å². The summed E-state index contributed by atoms with van der Waals surface area (Å²) in [5, 5.41) is 0. The normalized spacial score (nSPS) is 11.5. The van der Waals surface area contributed by atoms with Gasteiger partial charge < -0.3 is 4.74 Å². The Balaban J connectivity index is 5.24. The summed E-state index contributed by atoms with van der Waals surface area (Å²) in [5.74, 6) is -0.739. The van der Waals surface area contributed by atoms with Crippen LogP contribution in [0.1, 0.15) is 439 Å². The lowest BCUT2D eigenvalue weighted by Gasteiger charge is -2.25. The minimum absolute atomic E-state index is 0.185. The number of carbonyl (C=O) groups excluding carboxylic acids is 4. The van der Waals surface area contributed by atoms with Gasteiger partial charge in [-0.15, -0.1) is 0 Å². The first-order valence-corrected chi connectivity index (χ1v) is 37.2. The van der Waals surface area contributed by atoms with Gasteiger partial charge in [-0.1, -0.05) is 387 Å². The molecule has 0 aliphatic carbocycles. The van der Waals surface area contributed by atoms with E-state index in [1.807, 2.05) is 0 Å². The zero-order valence-electron chi connectivity index (χ0n) is 55.6. The summed E-state index contributed by atoms with van der Waals surface area (Å²) < 4.78 is 6.13.